The van der Waals surface area contributed by atoms with E-state index in [9.17, 15) is 27.6 Å². The van der Waals surface area contributed by atoms with Gasteiger partial charge in [-0.2, -0.15) is 12.7 Å². The van der Waals surface area contributed by atoms with Gasteiger partial charge in [-0.05, 0) is 63.5 Å². The van der Waals surface area contributed by atoms with E-state index in [1.807, 2.05) is 19.9 Å². The molecule has 4 amide bonds. The van der Waals surface area contributed by atoms with Crippen molar-refractivity contribution in [3.63, 3.8) is 0 Å². The van der Waals surface area contributed by atoms with Crippen molar-refractivity contribution in [3.8, 4) is 17.4 Å². The number of rotatable bonds is 14. The molecular weight excluding hydrogens is 757 g/mol. The van der Waals surface area contributed by atoms with E-state index >= 15 is 0 Å². The normalized spacial score (nSPS) is 24.2. The summed E-state index contributed by atoms with van der Waals surface area (Å²) in [5, 5.41) is 6.24. The molecule has 3 fully saturated rings. The summed E-state index contributed by atoms with van der Waals surface area (Å²) in [5.41, 5.74) is -1.09. The molecule has 2 aromatic rings. The summed E-state index contributed by atoms with van der Waals surface area (Å²) < 4.78 is 53.0. The van der Waals surface area contributed by atoms with E-state index in [1.54, 1.807) is 52.2 Å². The number of alkyl carbamates (subject to hydrolysis) is 1. The number of pyridine rings is 1. The zero-order valence-electron chi connectivity index (χ0n) is 33.5. The average Bonchev–Trinajstić information content (AvgIpc) is 3.65. The van der Waals surface area contributed by atoms with Gasteiger partial charge in [-0.25, -0.2) is 14.5 Å². The topological polar surface area (TPSA) is 195 Å². The first-order valence-electron chi connectivity index (χ1n) is 19.5. The Balaban J connectivity index is 1.31. The molecule has 1 aromatic heterocycles. The molecule has 0 radical (unpaired) electrons. The molecule has 57 heavy (non-hydrogen) atoms. The predicted octanol–water partition coefficient (Wildman–Crippen LogP) is 3.68. The number of benzene rings is 1. The fourth-order valence-corrected chi connectivity index (χ4v) is 8.95. The van der Waals surface area contributed by atoms with Gasteiger partial charge in [0, 0.05) is 42.4 Å². The highest BCUT2D eigenvalue weighted by Crippen LogP contribution is 2.45. The van der Waals surface area contributed by atoms with Gasteiger partial charge >= 0.3 is 16.3 Å². The van der Waals surface area contributed by atoms with Crippen LogP contribution in [0.25, 0.3) is 10.9 Å². The quantitative estimate of drug-likeness (QED) is 0.236. The lowest BCUT2D eigenvalue weighted by Crippen LogP contribution is -2.60. The van der Waals surface area contributed by atoms with Crippen LogP contribution in [-0.2, 0) is 29.3 Å². The summed E-state index contributed by atoms with van der Waals surface area (Å²) in [5.74, 6) is -1.37. The second-order valence-corrected chi connectivity index (χ2v) is 17.8. The van der Waals surface area contributed by atoms with Crippen molar-refractivity contribution >= 4 is 44.9 Å². The van der Waals surface area contributed by atoms with E-state index in [1.165, 1.54) is 11.0 Å². The first-order chi connectivity index (χ1) is 27.0. The number of carbonyl (C=O) groups excluding carboxylic acids is 4. The smallest absolute Gasteiger partial charge is 0.408 e. The fraction of sp³-hybridized carbons (Fsp3) is 0.575. The molecule has 3 N–H and O–H groups in total. The highest BCUT2D eigenvalue weighted by Gasteiger charge is 2.62. The van der Waals surface area contributed by atoms with Gasteiger partial charge in [0.25, 0.3) is 5.91 Å². The molecule has 1 aromatic carbocycles. The van der Waals surface area contributed by atoms with Gasteiger partial charge in [-0.3, -0.25) is 14.4 Å². The molecule has 4 aliphatic rings. The van der Waals surface area contributed by atoms with Crippen LogP contribution in [0, 0.1) is 18.3 Å². The second-order valence-electron chi connectivity index (χ2n) is 16.1. The van der Waals surface area contributed by atoms with E-state index < -0.39 is 69.1 Å². The summed E-state index contributed by atoms with van der Waals surface area (Å²) >= 11 is 0. The van der Waals surface area contributed by atoms with Gasteiger partial charge < -0.3 is 34.5 Å². The lowest BCUT2D eigenvalue weighted by molar-refractivity contribution is -0.143. The van der Waals surface area contributed by atoms with E-state index in [-0.39, 0.29) is 38.6 Å². The number of aryl methyl sites for hydroxylation is 1. The predicted molar refractivity (Wildman–Crippen MR) is 211 cm³/mol. The van der Waals surface area contributed by atoms with Gasteiger partial charge in [0.05, 0.1) is 25.8 Å². The van der Waals surface area contributed by atoms with Crippen molar-refractivity contribution in [1.29, 1.82) is 0 Å². The van der Waals surface area contributed by atoms with E-state index in [4.69, 9.17) is 18.9 Å². The van der Waals surface area contributed by atoms with Gasteiger partial charge in [0.1, 0.15) is 41.3 Å². The Morgan fingerprint density at radius 2 is 1.79 bits per heavy atom. The molecule has 5 atom stereocenters. The number of likely N-dealkylation sites (tertiary alicyclic amines) is 1. The van der Waals surface area contributed by atoms with E-state index in [0.717, 1.165) is 35.6 Å². The van der Waals surface area contributed by atoms with E-state index in [0.29, 0.717) is 34.9 Å². The lowest BCUT2D eigenvalue weighted by Gasteiger charge is -2.35. The highest BCUT2D eigenvalue weighted by molar-refractivity contribution is 7.87. The number of nitrogens with zero attached hydrogens (tertiary/aromatic N) is 3. The second kappa shape index (κ2) is 16.5. The largest absolute Gasteiger partial charge is 0.496 e. The molecule has 17 heteroatoms. The maximum atomic E-state index is 14.7. The minimum absolute atomic E-state index is 0.00191. The van der Waals surface area contributed by atoms with Crippen molar-refractivity contribution in [2.75, 3.05) is 33.4 Å². The molecule has 2 aliphatic carbocycles. The molecule has 1 saturated heterocycles. The molecule has 0 unspecified atom stereocenters. The molecule has 2 saturated carbocycles. The number of methoxy groups -OCH3 is 1. The van der Waals surface area contributed by atoms with Crippen LogP contribution in [0.4, 0.5) is 4.79 Å². The third-order valence-corrected chi connectivity index (χ3v) is 12.5. The molecule has 2 aliphatic heterocycles. The number of hydrogen-bond donors (Lipinski definition) is 3. The number of carbonyl (C=O) groups is 4. The number of hydrogen-bond acceptors (Lipinski definition) is 11. The zero-order valence-corrected chi connectivity index (χ0v) is 34.3. The molecule has 0 spiro atoms. The molecular formula is C40H54N6O10S. The van der Waals surface area contributed by atoms with Crippen LogP contribution >= 0.6 is 0 Å². The Morgan fingerprint density at radius 3 is 2.40 bits per heavy atom. The number of nitrogens with one attached hydrogen (secondary N) is 3. The first kappa shape index (κ1) is 41.7. The molecule has 310 valence electrons. The van der Waals surface area contributed by atoms with Crippen LogP contribution in [0.15, 0.2) is 43.0 Å². The number of aromatic nitrogens is 1. The summed E-state index contributed by atoms with van der Waals surface area (Å²) in [6, 6.07) is 2.98. The number of ether oxygens (including phenoxy) is 4. The maximum absolute atomic E-state index is 14.7. The van der Waals surface area contributed by atoms with E-state index in [2.05, 4.69) is 26.9 Å². The summed E-state index contributed by atoms with van der Waals surface area (Å²) in [7, 11) is -2.64. The van der Waals surface area contributed by atoms with Crippen LogP contribution < -0.4 is 29.6 Å². The Morgan fingerprint density at radius 1 is 1.09 bits per heavy atom. The minimum atomic E-state index is -4.21. The molecule has 3 heterocycles. The van der Waals surface area contributed by atoms with Crippen molar-refractivity contribution in [2.24, 2.45) is 11.3 Å². The van der Waals surface area contributed by atoms with Crippen LogP contribution in [0.2, 0.25) is 0 Å². The first-order valence-corrected chi connectivity index (χ1v) is 20.9. The van der Waals surface area contributed by atoms with Gasteiger partial charge in [-0.15, -0.1) is 6.58 Å². The van der Waals surface area contributed by atoms with Crippen molar-refractivity contribution in [2.45, 2.75) is 103 Å². The fourth-order valence-electron chi connectivity index (χ4n) is 7.84. The molecule has 16 nitrogen and oxygen atoms in total. The Kier molecular flexibility index (Phi) is 12.1. The Labute approximate surface area is 333 Å². The van der Waals surface area contributed by atoms with Crippen LogP contribution in [-0.4, -0.2) is 110 Å². The van der Waals surface area contributed by atoms with Crippen molar-refractivity contribution in [1.82, 2.24) is 29.5 Å². The van der Waals surface area contributed by atoms with Crippen LogP contribution in [0.1, 0.15) is 71.8 Å². The van der Waals surface area contributed by atoms with Crippen molar-refractivity contribution < 1.29 is 46.5 Å². The Hall–Kier alpha value is -4.90. The molecule has 6 rings (SSSR count). The standard InChI is InChI=1S/C40H54N6O10S/c1-8-25-22-40(25,37(49)44-57(51,52)45-18-12-13-19-45)43-35(47)29-20-27(55-31-21-32(54-9-2)41-33-24(3)30(53-7)17-16-28(31)33)23-46(29)36(48)34(39(4,5)6)42-38(50)56-26-14-10-11-15-26/h8,12-13,16-17,21,25-27,29,34H,1,9-11,14-15,18-20,22-23H2,2-7H3,(H,42,50)(H,43,47)(H,44,49)/t25-,27-,29+,34-,40-/m1/s1. The third-order valence-electron chi connectivity index (χ3n) is 11.1. The minimum Gasteiger partial charge on any atom is -0.496 e. The van der Waals surface area contributed by atoms with Gasteiger partial charge in [-0.1, -0.05) is 39.0 Å². The van der Waals surface area contributed by atoms with Gasteiger partial charge in [0.2, 0.25) is 17.7 Å². The third kappa shape index (κ3) is 8.83. The summed E-state index contributed by atoms with van der Waals surface area (Å²) in [4.78, 5) is 62.2. The summed E-state index contributed by atoms with van der Waals surface area (Å²) in [6.45, 7) is 13.4. The maximum Gasteiger partial charge on any atom is 0.408 e. The highest BCUT2D eigenvalue weighted by atomic mass is 32.2. The Bertz CT molecular complexity index is 2040. The average molecular weight is 811 g/mol. The SMILES string of the molecule is C=C[C@@H]1C[C@]1(NC(=O)[C@@H]1C[C@@H](Oc2cc(OCC)nc3c(C)c(OC)ccc23)CN1C(=O)[C@@H](NC(=O)OC1CCCC1)C(C)(C)C)C(=O)NS(=O)(=O)N1CC=CC1. The molecule has 0 bridgehead atoms. The lowest BCUT2D eigenvalue weighted by atomic mass is 9.85. The number of amides is 4. The number of fused-ring (bicyclic) bond motifs is 1. The monoisotopic (exact) mass is 810 g/mol. The van der Waals surface area contributed by atoms with Gasteiger partial charge in [0.15, 0.2) is 0 Å². The van der Waals surface area contributed by atoms with Crippen LogP contribution in [0.3, 0.4) is 0 Å². The van der Waals surface area contributed by atoms with Crippen molar-refractivity contribution in [3.05, 3.63) is 48.6 Å². The zero-order chi connectivity index (χ0) is 41.3. The summed E-state index contributed by atoms with van der Waals surface area (Å²) in [6.07, 6.45) is 6.61. The van der Waals surface area contributed by atoms with Crippen LogP contribution in [0.5, 0.6) is 17.4 Å².